The number of nitrogens with two attached hydrogens (primary N) is 1. The number of aliphatic carboxylic acids is 1. The molecule has 0 aromatic carbocycles. The minimum atomic E-state index is -1.04. The number of hydrogen-bond acceptors (Lipinski definition) is 3. The fourth-order valence-corrected chi connectivity index (χ4v) is 0.746. The molecule has 5 nitrogen and oxygen atoms in total. The molecule has 0 saturated carbocycles. The lowest BCUT2D eigenvalue weighted by atomic mass is 10.1. The molecule has 0 aliphatic rings. The second-order valence-electron chi connectivity index (χ2n) is 2.83. The molecular formula is C7H15BrN2O3. The van der Waals surface area contributed by atoms with E-state index in [1.807, 2.05) is 0 Å². The molecule has 0 heterocycles. The Morgan fingerprint density at radius 2 is 1.92 bits per heavy atom. The number of halogens is 1. The van der Waals surface area contributed by atoms with Gasteiger partial charge in [-0.15, -0.1) is 17.0 Å². The smallest absolute Gasteiger partial charge is 0.326 e. The summed E-state index contributed by atoms with van der Waals surface area (Å²) in [4.78, 5) is 21.3. The van der Waals surface area contributed by atoms with E-state index in [2.05, 4.69) is 5.32 Å². The molecule has 78 valence electrons. The summed E-state index contributed by atoms with van der Waals surface area (Å²) in [5.41, 5.74) is 5.02. The zero-order valence-corrected chi connectivity index (χ0v) is 9.32. The highest BCUT2D eigenvalue weighted by Gasteiger charge is 2.22. The Kier molecular flexibility index (Phi) is 7.84. The van der Waals surface area contributed by atoms with Gasteiger partial charge in [0.2, 0.25) is 5.91 Å². The SMILES string of the molecule is Br.CC(C)[C@H](NC(=O)CN)C(=O)O. The minimum absolute atomic E-state index is 0. The van der Waals surface area contributed by atoms with Gasteiger partial charge in [-0.3, -0.25) is 4.79 Å². The summed E-state index contributed by atoms with van der Waals surface area (Å²) in [5, 5.41) is 10.9. The van der Waals surface area contributed by atoms with Crippen LogP contribution in [0.4, 0.5) is 0 Å². The number of nitrogens with one attached hydrogen (secondary N) is 1. The van der Waals surface area contributed by atoms with Crippen molar-refractivity contribution in [3.8, 4) is 0 Å². The summed E-state index contributed by atoms with van der Waals surface area (Å²) >= 11 is 0. The fourth-order valence-electron chi connectivity index (χ4n) is 0.746. The van der Waals surface area contributed by atoms with Gasteiger partial charge in [0.25, 0.3) is 0 Å². The Balaban J connectivity index is 0. The molecule has 1 amide bonds. The van der Waals surface area contributed by atoms with Crippen molar-refractivity contribution in [1.82, 2.24) is 5.32 Å². The molecule has 0 saturated heterocycles. The van der Waals surface area contributed by atoms with Crippen molar-refractivity contribution in [2.45, 2.75) is 19.9 Å². The molecule has 0 spiro atoms. The van der Waals surface area contributed by atoms with Crippen molar-refractivity contribution in [2.75, 3.05) is 6.54 Å². The topological polar surface area (TPSA) is 92.4 Å². The molecule has 13 heavy (non-hydrogen) atoms. The number of carbonyl (C=O) groups excluding carboxylic acids is 1. The zero-order valence-electron chi connectivity index (χ0n) is 7.61. The van der Waals surface area contributed by atoms with Gasteiger partial charge in [0.15, 0.2) is 0 Å². The van der Waals surface area contributed by atoms with Crippen LogP contribution in [-0.2, 0) is 9.59 Å². The third-order valence-electron chi connectivity index (χ3n) is 1.43. The van der Waals surface area contributed by atoms with Crippen LogP contribution < -0.4 is 11.1 Å². The van der Waals surface area contributed by atoms with E-state index in [1.165, 1.54) is 0 Å². The fraction of sp³-hybridized carbons (Fsp3) is 0.714. The second-order valence-corrected chi connectivity index (χ2v) is 2.83. The van der Waals surface area contributed by atoms with Crippen LogP contribution in [0.1, 0.15) is 13.8 Å². The van der Waals surface area contributed by atoms with Crippen molar-refractivity contribution < 1.29 is 14.7 Å². The average molecular weight is 255 g/mol. The first-order valence-electron chi connectivity index (χ1n) is 3.71. The second kappa shape index (κ2) is 6.85. The third-order valence-corrected chi connectivity index (χ3v) is 1.43. The molecule has 0 radical (unpaired) electrons. The molecule has 0 bridgehead atoms. The molecule has 0 aliphatic heterocycles. The first-order valence-corrected chi connectivity index (χ1v) is 3.71. The van der Waals surface area contributed by atoms with Gasteiger partial charge in [0.1, 0.15) is 6.04 Å². The van der Waals surface area contributed by atoms with Crippen LogP contribution in [0.15, 0.2) is 0 Å². The first-order chi connectivity index (χ1) is 5.49. The Morgan fingerprint density at radius 3 is 2.15 bits per heavy atom. The summed E-state index contributed by atoms with van der Waals surface area (Å²) in [6.07, 6.45) is 0. The van der Waals surface area contributed by atoms with Gasteiger partial charge >= 0.3 is 5.97 Å². The number of amides is 1. The molecule has 0 aromatic heterocycles. The van der Waals surface area contributed by atoms with Crippen molar-refractivity contribution in [1.29, 1.82) is 0 Å². The summed E-state index contributed by atoms with van der Waals surface area (Å²) < 4.78 is 0. The molecule has 0 aliphatic carbocycles. The van der Waals surface area contributed by atoms with Crippen molar-refractivity contribution in [3.05, 3.63) is 0 Å². The molecule has 1 atom stereocenters. The number of hydrogen-bond donors (Lipinski definition) is 3. The molecule has 0 rings (SSSR count). The Hall–Kier alpha value is -0.620. The van der Waals surface area contributed by atoms with Crippen LogP contribution >= 0.6 is 17.0 Å². The maximum absolute atomic E-state index is 10.7. The molecule has 0 aromatic rings. The van der Waals surface area contributed by atoms with Gasteiger partial charge in [0, 0.05) is 0 Å². The van der Waals surface area contributed by atoms with Gasteiger partial charge in [0.05, 0.1) is 6.54 Å². The van der Waals surface area contributed by atoms with E-state index in [0.29, 0.717) is 0 Å². The number of carboxylic acid groups (broad SMARTS) is 1. The molecule has 0 unspecified atom stereocenters. The summed E-state index contributed by atoms with van der Waals surface area (Å²) in [5.74, 6) is -1.62. The first kappa shape index (κ1) is 14.9. The monoisotopic (exact) mass is 254 g/mol. The number of carbonyl (C=O) groups is 2. The Bertz CT molecular complexity index is 185. The lowest BCUT2D eigenvalue weighted by Gasteiger charge is -2.16. The van der Waals surface area contributed by atoms with Gasteiger partial charge in [-0.25, -0.2) is 4.79 Å². The maximum Gasteiger partial charge on any atom is 0.326 e. The van der Waals surface area contributed by atoms with E-state index < -0.39 is 17.9 Å². The summed E-state index contributed by atoms with van der Waals surface area (Å²) in [6, 6.07) is -0.846. The number of carboxylic acids is 1. The predicted octanol–water partition coefficient (Wildman–Crippen LogP) is -0.252. The van der Waals surface area contributed by atoms with Crippen molar-refractivity contribution in [2.24, 2.45) is 11.7 Å². The van der Waals surface area contributed by atoms with Crippen LogP contribution in [-0.4, -0.2) is 29.6 Å². The normalized spacial score (nSPS) is 11.7. The van der Waals surface area contributed by atoms with E-state index in [-0.39, 0.29) is 29.4 Å². The van der Waals surface area contributed by atoms with Gasteiger partial charge < -0.3 is 16.2 Å². The highest BCUT2D eigenvalue weighted by Crippen LogP contribution is 2.00. The summed E-state index contributed by atoms with van der Waals surface area (Å²) in [6.45, 7) is 3.25. The van der Waals surface area contributed by atoms with Crippen LogP contribution in [0.2, 0.25) is 0 Å². The molecule has 6 heteroatoms. The molecule has 0 fully saturated rings. The highest BCUT2D eigenvalue weighted by molar-refractivity contribution is 8.93. The van der Waals surface area contributed by atoms with E-state index in [1.54, 1.807) is 13.8 Å². The largest absolute Gasteiger partial charge is 0.480 e. The van der Waals surface area contributed by atoms with E-state index in [4.69, 9.17) is 10.8 Å². The lowest BCUT2D eigenvalue weighted by Crippen LogP contribution is -2.46. The quantitative estimate of drug-likeness (QED) is 0.645. The van der Waals surface area contributed by atoms with Gasteiger partial charge in [-0.2, -0.15) is 0 Å². The van der Waals surface area contributed by atoms with Crippen LogP contribution in [0.5, 0.6) is 0 Å². The number of rotatable bonds is 4. The van der Waals surface area contributed by atoms with Gasteiger partial charge in [-0.1, -0.05) is 13.8 Å². The van der Waals surface area contributed by atoms with Crippen LogP contribution in [0.25, 0.3) is 0 Å². The van der Waals surface area contributed by atoms with Crippen LogP contribution in [0.3, 0.4) is 0 Å². The van der Waals surface area contributed by atoms with E-state index in [9.17, 15) is 9.59 Å². The van der Waals surface area contributed by atoms with Crippen molar-refractivity contribution >= 4 is 28.9 Å². The maximum atomic E-state index is 10.7. The molecule has 4 N–H and O–H groups in total. The van der Waals surface area contributed by atoms with Crippen LogP contribution in [0, 0.1) is 5.92 Å². The van der Waals surface area contributed by atoms with Crippen molar-refractivity contribution in [3.63, 3.8) is 0 Å². The zero-order chi connectivity index (χ0) is 9.72. The van der Waals surface area contributed by atoms with Gasteiger partial charge in [-0.05, 0) is 5.92 Å². The predicted molar refractivity (Wildman–Crippen MR) is 53.8 cm³/mol. The standard InChI is InChI=1S/C7H14N2O3.BrH/c1-4(2)6(7(11)12)9-5(10)3-8;/h4,6H,3,8H2,1-2H3,(H,9,10)(H,11,12);1H/t6-;/m0./s1. The Labute approximate surface area is 87.4 Å². The van der Waals surface area contributed by atoms with E-state index >= 15 is 0 Å². The highest BCUT2D eigenvalue weighted by atomic mass is 79.9. The lowest BCUT2D eigenvalue weighted by molar-refractivity contribution is -0.142. The average Bonchev–Trinajstić information content (AvgIpc) is 1.98. The van der Waals surface area contributed by atoms with E-state index in [0.717, 1.165) is 0 Å². The minimum Gasteiger partial charge on any atom is -0.480 e. The Morgan fingerprint density at radius 1 is 1.46 bits per heavy atom. The molecular weight excluding hydrogens is 240 g/mol. The third kappa shape index (κ3) is 5.59. The summed E-state index contributed by atoms with van der Waals surface area (Å²) in [7, 11) is 0.